The molecule has 0 radical (unpaired) electrons. The maximum atomic E-state index is 12.0. The topological polar surface area (TPSA) is 71.5 Å². The van der Waals surface area contributed by atoms with Crippen LogP contribution in [-0.4, -0.2) is 85.9 Å². The van der Waals surface area contributed by atoms with Gasteiger partial charge in [-0.1, -0.05) is 0 Å². The van der Waals surface area contributed by atoms with E-state index in [2.05, 4.69) is 0 Å². The van der Waals surface area contributed by atoms with E-state index >= 15 is 0 Å². The van der Waals surface area contributed by atoms with E-state index in [1.54, 1.807) is 19.1 Å². The lowest BCUT2D eigenvalue weighted by Gasteiger charge is -2.40. The number of nitrogens with zero attached hydrogens (tertiary/aromatic N) is 2. The Labute approximate surface area is 139 Å². The summed E-state index contributed by atoms with van der Waals surface area (Å²) >= 11 is 0. The van der Waals surface area contributed by atoms with E-state index in [-0.39, 0.29) is 12.4 Å². The Kier molecular flexibility index (Phi) is 7.26. The third-order valence-electron chi connectivity index (χ3n) is 3.90. The largest absolute Gasteiger partial charge is 0.444 e. The summed E-state index contributed by atoms with van der Waals surface area (Å²) in [5.41, 5.74) is -1.31. The Morgan fingerprint density at radius 2 is 1.78 bits per heavy atom. The number of aliphatic hydroxyl groups is 1. The van der Waals surface area contributed by atoms with Crippen LogP contribution >= 0.6 is 0 Å². The van der Waals surface area contributed by atoms with Crippen LogP contribution in [0.25, 0.3) is 0 Å². The SMILES string of the molecule is COC(CN(C)CC1(O)CCN(C(=O)OC(C)(C)C)CC1)OC. The van der Waals surface area contributed by atoms with Crippen LogP contribution in [0.1, 0.15) is 33.6 Å². The molecule has 0 aliphatic carbocycles. The maximum Gasteiger partial charge on any atom is 0.410 e. The molecule has 0 unspecified atom stereocenters. The van der Waals surface area contributed by atoms with Crippen molar-refractivity contribution in [2.75, 3.05) is 47.4 Å². The molecule has 0 aromatic rings. The summed E-state index contributed by atoms with van der Waals surface area (Å²) in [7, 11) is 5.11. The number of carbonyl (C=O) groups is 1. The highest BCUT2D eigenvalue weighted by atomic mass is 16.7. The van der Waals surface area contributed by atoms with Crippen LogP contribution in [-0.2, 0) is 14.2 Å². The van der Waals surface area contributed by atoms with Crippen LogP contribution < -0.4 is 0 Å². The van der Waals surface area contributed by atoms with Crippen molar-refractivity contribution in [3.63, 3.8) is 0 Å². The van der Waals surface area contributed by atoms with Crippen molar-refractivity contribution in [3.05, 3.63) is 0 Å². The quantitative estimate of drug-likeness (QED) is 0.739. The third kappa shape index (κ3) is 7.03. The zero-order chi connectivity index (χ0) is 17.7. The molecule has 1 amide bonds. The minimum atomic E-state index is -0.806. The van der Waals surface area contributed by atoms with Gasteiger partial charge in [0.25, 0.3) is 0 Å². The molecule has 0 atom stereocenters. The summed E-state index contributed by atoms with van der Waals surface area (Å²) in [4.78, 5) is 15.7. The average Bonchev–Trinajstić information content (AvgIpc) is 2.43. The Morgan fingerprint density at radius 3 is 2.22 bits per heavy atom. The average molecular weight is 332 g/mol. The summed E-state index contributed by atoms with van der Waals surface area (Å²) in [6, 6.07) is 0. The summed E-state index contributed by atoms with van der Waals surface area (Å²) in [5.74, 6) is 0. The molecule has 7 heteroatoms. The fourth-order valence-electron chi connectivity index (χ4n) is 2.66. The first kappa shape index (κ1) is 20.2. The van der Waals surface area contributed by atoms with Crippen molar-refractivity contribution in [2.24, 2.45) is 0 Å². The summed E-state index contributed by atoms with van der Waals surface area (Å²) < 4.78 is 15.7. The van der Waals surface area contributed by atoms with E-state index in [1.165, 1.54) is 0 Å². The molecule has 0 aromatic carbocycles. The zero-order valence-corrected chi connectivity index (χ0v) is 15.3. The fraction of sp³-hybridized carbons (Fsp3) is 0.938. The molecule has 7 nitrogen and oxygen atoms in total. The van der Waals surface area contributed by atoms with Gasteiger partial charge in [0.15, 0.2) is 6.29 Å². The molecule has 1 fully saturated rings. The lowest BCUT2D eigenvalue weighted by atomic mass is 9.91. The molecule has 1 N–H and O–H groups in total. The minimum absolute atomic E-state index is 0.313. The van der Waals surface area contributed by atoms with Crippen molar-refractivity contribution in [3.8, 4) is 0 Å². The van der Waals surface area contributed by atoms with Crippen LogP contribution in [0, 0.1) is 0 Å². The molecule has 23 heavy (non-hydrogen) atoms. The molecule has 0 saturated carbocycles. The lowest BCUT2D eigenvalue weighted by Crippen LogP contribution is -2.53. The minimum Gasteiger partial charge on any atom is -0.444 e. The molecular weight excluding hydrogens is 300 g/mol. The molecule has 1 rings (SSSR count). The van der Waals surface area contributed by atoms with Crippen LogP contribution in [0.15, 0.2) is 0 Å². The monoisotopic (exact) mass is 332 g/mol. The van der Waals surface area contributed by atoms with Crippen molar-refractivity contribution < 1.29 is 24.1 Å². The number of methoxy groups -OCH3 is 2. The van der Waals surface area contributed by atoms with E-state index in [1.807, 2.05) is 32.7 Å². The number of piperidine rings is 1. The Bertz CT molecular complexity index is 371. The molecule has 1 heterocycles. The molecule has 0 aromatic heterocycles. The first-order valence-electron chi connectivity index (χ1n) is 8.03. The smallest absolute Gasteiger partial charge is 0.410 e. The number of likely N-dealkylation sites (tertiary alicyclic amines) is 1. The highest BCUT2D eigenvalue weighted by Crippen LogP contribution is 2.24. The summed E-state index contributed by atoms with van der Waals surface area (Å²) in [6.45, 7) is 7.63. The van der Waals surface area contributed by atoms with E-state index in [4.69, 9.17) is 14.2 Å². The lowest BCUT2D eigenvalue weighted by molar-refractivity contribution is -0.123. The van der Waals surface area contributed by atoms with Gasteiger partial charge < -0.3 is 24.2 Å². The van der Waals surface area contributed by atoms with E-state index in [9.17, 15) is 9.90 Å². The first-order chi connectivity index (χ1) is 10.6. The zero-order valence-electron chi connectivity index (χ0n) is 15.3. The highest BCUT2D eigenvalue weighted by molar-refractivity contribution is 5.68. The van der Waals surface area contributed by atoms with E-state index < -0.39 is 11.2 Å². The van der Waals surface area contributed by atoms with Gasteiger partial charge in [-0.15, -0.1) is 0 Å². The van der Waals surface area contributed by atoms with Gasteiger partial charge in [0.1, 0.15) is 5.60 Å². The Hall–Kier alpha value is -0.890. The predicted octanol–water partition coefficient (Wildman–Crippen LogP) is 1.30. The summed E-state index contributed by atoms with van der Waals surface area (Å²) in [5, 5.41) is 10.7. The Morgan fingerprint density at radius 1 is 1.26 bits per heavy atom. The Balaban J connectivity index is 2.45. The number of likely N-dealkylation sites (N-methyl/N-ethyl adjacent to an activating group) is 1. The van der Waals surface area contributed by atoms with Gasteiger partial charge in [-0.2, -0.15) is 0 Å². The molecule has 0 bridgehead atoms. The predicted molar refractivity (Wildman–Crippen MR) is 87.3 cm³/mol. The number of hydrogen-bond donors (Lipinski definition) is 1. The second-order valence-corrected chi connectivity index (χ2v) is 7.29. The fourth-order valence-corrected chi connectivity index (χ4v) is 2.66. The van der Waals surface area contributed by atoms with Crippen molar-refractivity contribution in [1.29, 1.82) is 0 Å². The van der Waals surface area contributed by atoms with Gasteiger partial charge in [0.05, 0.1) is 5.60 Å². The van der Waals surface area contributed by atoms with Crippen LogP contribution in [0.3, 0.4) is 0 Å². The van der Waals surface area contributed by atoms with Crippen LogP contribution in [0.4, 0.5) is 4.79 Å². The first-order valence-corrected chi connectivity index (χ1v) is 8.03. The van der Waals surface area contributed by atoms with Gasteiger partial charge in [-0.25, -0.2) is 4.79 Å². The number of ether oxygens (including phenoxy) is 3. The van der Waals surface area contributed by atoms with Crippen molar-refractivity contribution >= 4 is 6.09 Å². The summed E-state index contributed by atoms with van der Waals surface area (Å²) in [6.07, 6.45) is 0.430. The van der Waals surface area contributed by atoms with Gasteiger partial charge in [0.2, 0.25) is 0 Å². The normalized spacial score (nSPS) is 18.6. The number of amides is 1. The van der Waals surface area contributed by atoms with Crippen LogP contribution in [0.2, 0.25) is 0 Å². The van der Waals surface area contributed by atoms with E-state index in [0.29, 0.717) is 39.0 Å². The number of rotatable bonds is 6. The molecule has 1 saturated heterocycles. The van der Waals surface area contributed by atoms with E-state index in [0.717, 1.165) is 0 Å². The molecular formula is C16H32N2O5. The number of hydrogen-bond acceptors (Lipinski definition) is 6. The van der Waals surface area contributed by atoms with Crippen molar-refractivity contribution in [2.45, 2.75) is 51.1 Å². The molecule has 136 valence electrons. The number of carbonyl (C=O) groups excluding carboxylic acids is 1. The molecule has 0 spiro atoms. The van der Waals surface area contributed by atoms with Gasteiger partial charge in [-0.05, 0) is 40.7 Å². The van der Waals surface area contributed by atoms with Gasteiger partial charge >= 0.3 is 6.09 Å². The highest BCUT2D eigenvalue weighted by Gasteiger charge is 2.36. The maximum absolute atomic E-state index is 12.0. The molecule has 1 aliphatic heterocycles. The second kappa shape index (κ2) is 8.28. The third-order valence-corrected chi connectivity index (χ3v) is 3.90. The standard InChI is InChI=1S/C16H32N2O5/c1-15(2,3)23-14(19)18-9-7-16(20,8-10-18)12-17(4)11-13(21-5)22-6/h13,20H,7-12H2,1-6H3. The second-order valence-electron chi connectivity index (χ2n) is 7.29. The van der Waals surface area contributed by atoms with Gasteiger partial charge in [-0.3, -0.25) is 4.90 Å². The van der Waals surface area contributed by atoms with Crippen molar-refractivity contribution in [1.82, 2.24) is 9.80 Å². The van der Waals surface area contributed by atoms with Gasteiger partial charge in [0, 0.05) is 40.4 Å². The molecule has 1 aliphatic rings. The van der Waals surface area contributed by atoms with Crippen LogP contribution in [0.5, 0.6) is 0 Å².